The Kier molecular flexibility index (Phi) is 5.11. The molecule has 1 fully saturated rings. The average molecular weight is 365 g/mol. The van der Waals surface area contributed by atoms with Gasteiger partial charge in [0.05, 0.1) is 6.10 Å². The highest BCUT2D eigenvalue weighted by Gasteiger charge is 2.16. The van der Waals surface area contributed by atoms with Gasteiger partial charge in [-0.3, -0.25) is 9.78 Å². The van der Waals surface area contributed by atoms with Crippen molar-refractivity contribution in [3.8, 4) is 17.1 Å². The highest BCUT2D eigenvalue weighted by molar-refractivity contribution is 6.03. The molecule has 0 spiro atoms. The third-order valence-electron chi connectivity index (χ3n) is 4.26. The van der Waals surface area contributed by atoms with Gasteiger partial charge in [0, 0.05) is 36.3 Å². The fraction of sp³-hybridized carbons (Fsp3) is 0.250. The van der Waals surface area contributed by atoms with Crippen molar-refractivity contribution < 1.29 is 18.8 Å². The van der Waals surface area contributed by atoms with Gasteiger partial charge in [-0.05, 0) is 49.2 Å². The molecule has 0 saturated carbocycles. The molecule has 1 aliphatic heterocycles. The number of aromatic nitrogens is 2. The van der Waals surface area contributed by atoms with Gasteiger partial charge in [-0.25, -0.2) is 0 Å². The summed E-state index contributed by atoms with van der Waals surface area (Å²) in [4.78, 5) is 16.4. The molecule has 138 valence electrons. The Morgan fingerprint density at radius 3 is 2.89 bits per heavy atom. The molecule has 1 unspecified atom stereocenters. The van der Waals surface area contributed by atoms with Crippen LogP contribution in [-0.4, -0.2) is 35.4 Å². The summed E-state index contributed by atoms with van der Waals surface area (Å²) in [7, 11) is 0. The van der Waals surface area contributed by atoms with Crippen molar-refractivity contribution in [3.63, 3.8) is 0 Å². The zero-order valence-electron chi connectivity index (χ0n) is 14.6. The van der Waals surface area contributed by atoms with E-state index in [1.165, 1.54) is 0 Å². The molecule has 27 heavy (non-hydrogen) atoms. The predicted molar refractivity (Wildman–Crippen MR) is 98.6 cm³/mol. The van der Waals surface area contributed by atoms with E-state index < -0.39 is 0 Å². The molecule has 7 nitrogen and oxygen atoms in total. The van der Waals surface area contributed by atoms with Crippen LogP contribution in [0.2, 0.25) is 0 Å². The smallest absolute Gasteiger partial charge is 0.277 e. The molecule has 1 aromatic carbocycles. The van der Waals surface area contributed by atoms with E-state index in [1.54, 1.807) is 36.7 Å². The molecular formula is C20H19N3O4. The molecule has 1 N–H and O–H groups in total. The molecule has 2 aromatic heterocycles. The van der Waals surface area contributed by atoms with Crippen molar-refractivity contribution in [1.29, 1.82) is 0 Å². The Bertz CT molecular complexity index is 887. The van der Waals surface area contributed by atoms with Crippen LogP contribution in [0.15, 0.2) is 59.4 Å². The molecule has 3 heterocycles. The van der Waals surface area contributed by atoms with Gasteiger partial charge in [-0.2, -0.15) is 0 Å². The van der Waals surface area contributed by atoms with Crippen molar-refractivity contribution in [3.05, 3.63) is 60.6 Å². The van der Waals surface area contributed by atoms with E-state index in [0.717, 1.165) is 30.8 Å². The van der Waals surface area contributed by atoms with Gasteiger partial charge in [0.15, 0.2) is 11.5 Å². The van der Waals surface area contributed by atoms with Crippen LogP contribution in [-0.2, 0) is 4.74 Å². The van der Waals surface area contributed by atoms with Crippen LogP contribution in [0.25, 0.3) is 11.3 Å². The second-order valence-electron chi connectivity index (χ2n) is 6.24. The third kappa shape index (κ3) is 4.32. The van der Waals surface area contributed by atoms with E-state index in [1.807, 2.05) is 18.2 Å². The fourth-order valence-corrected chi connectivity index (χ4v) is 2.82. The Balaban J connectivity index is 1.34. The molecule has 0 aliphatic carbocycles. The quantitative estimate of drug-likeness (QED) is 0.719. The third-order valence-corrected chi connectivity index (χ3v) is 4.26. The van der Waals surface area contributed by atoms with Crippen LogP contribution < -0.4 is 10.1 Å². The minimum Gasteiger partial charge on any atom is -0.491 e. The summed E-state index contributed by atoms with van der Waals surface area (Å²) in [6, 6.07) is 12.4. The van der Waals surface area contributed by atoms with Gasteiger partial charge in [0.1, 0.15) is 12.4 Å². The largest absolute Gasteiger partial charge is 0.491 e. The zero-order chi connectivity index (χ0) is 18.5. The lowest BCUT2D eigenvalue weighted by atomic mass is 10.2. The number of hydrogen-bond donors (Lipinski definition) is 1. The summed E-state index contributed by atoms with van der Waals surface area (Å²) < 4.78 is 16.5. The maximum atomic E-state index is 12.3. The first-order valence-electron chi connectivity index (χ1n) is 8.81. The molecule has 1 aliphatic rings. The second kappa shape index (κ2) is 8.01. The number of nitrogens with one attached hydrogen (secondary N) is 1. The topological polar surface area (TPSA) is 86.5 Å². The normalized spacial score (nSPS) is 16.2. The number of anilines is 1. The van der Waals surface area contributed by atoms with Crippen LogP contribution in [0.1, 0.15) is 23.3 Å². The molecule has 4 rings (SSSR count). The first kappa shape index (κ1) is 17.2. The van der Waals surface area contributed by atoms with Gasteiger partial charge >= 0.3 is 0 Å². The minimum absolute atomic E-state index is 0.172. The fourth-order valence-electron chi connectivity index (χ4n) is 2.82. The lowest BCUT2D eigenvalue weighted by Crippen LogP contribution is -2.16. The number of rotatable bonds is 6. The van der Waals surface area contributed by atoms with Gasteiger partial charge in [-0.1, -0.05) is 5.16 Å². The Morgan fingerprint density at radius 1 is 1.26 bits per heavy atom. The van der Waals surface area contributed by atoms with Crippen molar-refractivity contribution in [2.75, 3.05) is 18.5 Å². The van der Waals surface area contributed by atoms with Crippen LogP contribution in [0.3, 0.4) is 0 Å². The van der Waals surface area contributed by atoms with E-state index in [0.29, 0.717) is 18.1 Å². The zero-order valence-corrected chi connectivity index (χ0v) is 14.6. The number of pyridine rings is 1. The molecule has 0 radical (unpaired) electrons. The molecule has 1 atom stereocenters. The minimum atomic E-state index is -0.345. The van der Waals surface area contributed by atoms with E-state index in [2.05, 4.69) is 15.5 Å². The first-order chi connectivity index (χ1) is 13.3. The van der Waals surface area contributed by atoms with E-state index in [4.69, 9.17) is 14.0 Å². The summed E-state index contributed by atoms with van der Waals surface area (Å²) in [5, 5.41) is 6.62. The maximum Gasteiger partial charge on any atom is 0.277 e. The molecule has 1 saturated heterocycles. The number of carbonyl (C=O) groups is 1. The standard InChI is InChI=1S/C20H19N3O4/c24-20(18-11-19(27-23-18)14-3-1-9-21-12-14)22-15-5-7-16(8-6-15)26-13-17-4-2-10-25-17/h1,3,5-9,11-12,17H,2,4,10,13H2,(H,22,24). The monoisotopic (exact) mass is 365 g/mol. The summed E-state index contributed by atoms with van der Waals surface area (Å²) in [5.74, 6) is 0.886. The van der Waals surface area contributed by atoms with E-state index in [-0.39, 0.29) is 17.7 Å². The number of carbonyl (C=O) groups excluding carboxylic acids is 1. The Labute approximate surface area is 156 Å². The molecule has 7 heteroatoms. The molecule has 3 aromatic rings. The highest BCUT2D eigenvalue weighted by Crippen LogP contribution is 2.21. The lowest BCUT2D eigenvalue weighted by Gasteiger charge is -2.11. The molecule has 0 bridgehead atoms. The average Bonchev–Trinajstić information content (AvgIpc) is 3.40. The van der Waals surface area contributed by atoms with Crippen LogP contribution >= 0.6 is 0 Å². The maximum absolute atomic E-state index is 12.3. The van der Waals surface area contributed by atoms with Crippen molar-refractivity contribution in [2.24, 2.45) is 0 Å². The number of ether oxygens (including phenoxy) is 2. The van der Waals surface area contributed by atoms with E-state index in [9.17, 15) is 4.79 Å². The van der Waals surface area contributed by atoms with Crippen LogP contribution in [0.5, 0.6) is 5.75 Å². The second-order valence-corrected chi connectivity index (χ2v) is 6.24. The summed E-state index contributed by atoms with van der Waals surface area (Å²) >= 11 is 0. The van der Waals surface area contributed by atoms with Crippen molar-refractivity contribution in [1.82, 2.24) is 10.1 Å². The summed E-state index contributed by atoms with van der Waals surface area (Å²) in [5.41, 5.74) is 1.61. The summed E-state index contributed by atoms with van der Waals surface area (Å²) in [6.45, 7) is 1.35. The van der Waals surface area contributed by atoms with E-state index >= 15 is 0 Å². The highest BCUT2D eigenvalue weighted by atomic mass is 16.5. The number of nitrogens with zero attached hydrogens (tertiary/aromatic N) is 2. The van der Waals surface area contributed by atoms with Crippen LogP contribution in [0, 0.1) is 0 Å². The SMILES string of the molecule is O=C(Nc1ccc(OCC2CCCO2)cc1)c1cc(-c2cccnc2)on1. The first-order valence-corrected chi connectivity index (χ1v) is 8.81. The summed E-state index contributed by atoms with van der Waals surface area (Å²) in [6.07, 6.45) is 5.61. The number of hydrogen-bond acceptors (Lipinski definition) is 6. The van der Waals surface area contributed by atoms with Gasteiger partial charge in [0.2, 0.25) is 0 Å². The molecular weight excluding hydrogens is 346 g/mol. The Hall–Kier alpha value is -3.19. The number of benzene rings is 1. The van der Waals surface area contributed by atoms with Crippen LogP contribution in [0.4, 0.5) is 5.69 Å². The van der Waals surface area contributed by atoms with Crippen molar-refractivity contribution in [2.45, 2.75) is 18.9 Å². The van der Waals surface area contributed by atoms with Crippen molar-refractivity contribution >= 4 is 11.6 Å². The van der Waals surface area contributed by atoms with Gasteiger partial charge < -0.3 is 19.3 Å². The molecule has 1 amide bonds. The predicted octanol–water partition coefficient (Wildman–Crippen LogP) is 3.55. The van der Waals surface area contributed by atoms with Gasteiger partial charge in [0.25, 0.3) is 5.91 Å². The Morgan fingerprint density at radius 2 is 2.15 bits per heavy atom. The number of amides is 1. The van der Waals surface area contributed by atoms with Gasteiger partial charge in [-0.15, -0.1) is 0 Å². The lowest BCUT2D eigenvalue weighted by molar-refractivity contribution is 0.0679.